The number of hydrogen-bond acceptors (Lipinski definition) is 4. The molecule has 0 spiro atoms. The van der Waals surface area contributed by atoms with E-state index in [1.807, 2.05) is 0 Å². The molecular formula is C11H14F3NO3. The molecular weight excluding hydrogens is 251 g/mol. The highest BCUT2D eigenvalue weighted by molar-refractivity contribution is 5.46. The zero-order valence-electron chi connectivity index (χ0n) is 9.70. The first-order chi connectivity index (χ1) is 8.40. The molecule has 0 saturated carbocycles. The average Bonchev–Trinajstić information content (AvgIpc) is 2.26. The summed E-state index contributed by atoms with van der Waals surface area (Å²) in [6, 6.07) is 5.25. The largest absolute Gasteiger partial charge is 0.573 e. The summed E-state index contributed by atoms with van der Waals surface area (Å²) in [5.41, 5.74) is 0.583. The monoisotopic (exact) mass is 265 g/mol. The van der Waals surface area contributed by atoms with E-state index in [2.05, 4.69) is 10.1 Å². The number of rotatable bonds is 6. The molecule has 0 bridgehead atoms. The van der Waals surface area contributed by atoms with Gasteiger partial charge in [0.25, 0.3) is 0 Å². The number of alkyl halides is 3. The van der Waals surface area contributed by atoms with Crippen molar-refractivity contribution in [1.29, 1.82) is 0 Å². The second-order valence-corrected chi connectivity index (χ2v) is 3.56. The molecule has 0 amide bonds. The van der Waals surface area contributed by atoms with Crippen LogP contribution in [0.25, 0.3) is 0 Å². The van der Waals surface area contributed by atoms with Crippen LogP contribution in [0.3, 0.4) is 0 Å². The van der Waals surface area contributed by atoms with Gasteiger partial charge in [-0.2, -0.15) is 0 Å². The Bertz CT molecular complexity index is 354. The standard InChI is InChI=1S/C11H14F3NO3/c1-17-7-9(16)6-15-8-2-4-10(5-3-8)18-11(12,13)14/h2-5,9,15-16H,6-7H2,1H3. The van der Waals surface area contributed by atoms with Gasteiger partial charge in [0.2, 0.25) is 0 Å². The van der Waals surface area contributed by atoms with Crippen LogP contribution in [-0.2, 0) is 4.74 Å². The summed E-state index contributed by atoms with van der Waals surface area (Å²) < 4.78 is 44.1. The zero-order valence-corrected chi connectivity index (χ0v) is 9.70. The molecule has 0 saturated heterocycles. The Morgan fingerprint density at radius 2 is 1.89 bits per heavy atom. The van der Waals surface area contributed by atoms with Gasteiger partial charge in [-0.05, 0) is 24.3 Å². The Hall–Kier alpha value is -1.47. The van der Waals surface area contributed by atoms with Crippen LogP contribution < -0.4 is 10.1 Å². The highest BCUT2D eigenvalue weighted by atomic mass is 19.4. The number of halogens is 3. The van der Waals surface area contributed by atoms with Gasteiger partial charge in [-0.15, -0.1) is 13.2 Å². The SMILES string of the molecule is COCC(O)CNc1ccc(OC(F)(F)F)cc1. The quantitative estimate of drug-likeness (QED) is 0.826. The van der Waals surface area contributed by atoms with Crippen LogP contribution >= 0.6 is 0 Å². The number of aliphatic hydroxyl groups excluding tert-OH is 1. The topological polar surface area (TPSA) is 50.7 Å². The predicted octanol–water partition coefficient (Wildman–Crippen LogP) is 2.00. The normalized spacial score (nSPS) is 13.2. The molecule has 0 aliphatic carbocycles. The minimum Gasteiger partial charge on any atom is -0.406 e. The lowest BCUT2D eigenvalue weighted by Crippen LogP contribution is -2.24. The third-order valence-electron chi connectivity index (χ3n) is 1.99. The summed E-state index contributed by atoms with van der Waals surface area (Å²) in [6.07, 6.45) is -5.37. The van der Waals surface area contributed by atoms with Gasteiger partial charge in [0, 0.05) is 19.3 Å². The third kappa shape index (κ3) is 5.74. The molecule has 0 aromatic heterocycles. The summed E-state index contributed by atoms with van der Waals surface area (Å²) in [6.45, 7) is 0.426. The maximum absolute atomic E-state index is 11.9. The van der Waals surface area contributed by atoms with E-state index in [-0.39, 0.29) is 18.9 Å². The van der Waals surface area contributed by atoms with Crippen molar-refractivity contribution in [3.8, 4) is 5.75 Å². The summed E-state index contributed by atoms with van der Waals surface area (Å²) in [7, 11) is 1.46. The van der Waals surface area contributed by atoms with Crippen LogP contribution in [-0.4, -0.2) is 37.8 Å². The summed E-state index contributed by atoms with van der Waals surface area (Å²) in [5.74, 6) is -0.287. The van der Waals surface area contributed by atoms with Crippen molar-refractivity contribution in [3.05, 3.63) is 24.3 Å². The molecule has 1 rings (SSSR count). The maximum Gasteiger partial charge on any atom is 0.573 e. The molecule has 0 radical (unpaired) electrons. The number of ether oxygens (including phenoxy) is 2. The first kappa shape index (κ1) is 14.6. The fourth-order valence-electron chi connectivity index (χ4n) is 1.26. The highest BCUT2D eigenvalue weighted by Gasteiger charge is 2.30. The number of nitrogens with one attached hydrogen (secondary N) is 1. The Morgan fingerprint density at radius 3 is 2.39 bits per heavy atom. The molecule has 1 unspecified atom stereocenters. The Labute approximate surface area is 102 Å². The molecule has 1 atom stereocenters. The van der Waals surface area contributed by atoms with Crippen molar-refractivity contribution < 1.29 is 27.8 Å². The molecule has 7 heteroatoms. The van der Waals surface area contributed by atoms with Gasteiger partial charge >= 0.3 is 6.36 Å². The van der Waals surface area contributed by atoms with Gasteiger partial charge in [-0.3, -0.25) is 0 Å². The summed E-state index contributed by atoms with van der Waals surface area (Å²) >= 11 is 0. The van der Waals surface area contributed by atoms with Crippen molar-refractivity contribution in [2.24, 2.45) is 0 Å². The summed E-state index contributed by atoms with van der Waals surface area (Å²) in [4.78, 5) is 0. The number of anilines is 1. The van der Waals surface area contributed by atoms with E-state index >= 15 is 0 Å². The number of benzene rings is 1. The minimum absolute atomic E-state index is 0.183. The smallest absolute Gasteiger partial charge is 0.406 e. The van der Waals surface area contributed by atoms with Crippen LogP contribution in [0.4, 0.5) is 18.9 Å². The molecule has 2 N–H and O–H groups in total. The van der Waals surface area contributed by atoms with Crippen molar-refractivity contribution >= 4 is 5.69 Å². The molecule has 102 valence electrons. The van der Waals surface area contributed by atoms with E-state index in [0.29, 0.717) is 5.69 Å². The molecule has 1 aromatic carbocycles. The maximum atomic E-state index is 11.9. The van der Waals surface area contributed by atoms with E-state index in [1.165, 1.54) is 31.4 Å². The lowest BCUT2D eigenvalue weighted by atomic mass is 10.3. The Balaban J connectivity index is 2.45. The van der Waals surface area contributed by atoms with E-state index < -0.39 is 12.5 Å². The Kier molecular flexibility index (Phi) is 5.24. The molecule has 0 fully saturated rings. The fourth-order valence-corrected chi connectivity index (χ4v) is 1.26. The molecule has 4 nitrogen and oxygen atoms in total. The lowest BCUT2D eigenvalue weighted by molar-refractivity contribution is -0.274. The molecule has 0 heterocycles. The second kappa shape index (κ2) is 6.46. The Morgan fingerprint density at radius 1 is 1.28 bits per heavy atom. The average molecular weight is 265 g/mol. The van der Waals surface area contributed by atoms with E-state index in [1.54, 1.807) is 0 Å². The van der Waals surface area contributed by atoms with Crippen LogP contribution in [0.2, 0.25) is 0 Å². The van der Waals surface area contributed by atoms with E-state index in [4.69, 9.17) is 4.74 Å². The van der Waals surface area contributed by atoms with Gasteiger partial charge in [0.05, 0.1) is 12.7 Å². The van der Waals surface area contributed by atoms with Gasteiger partial charge in [0.1, 0.15) is 5.75 Å². The van der Waals surface area contributed by atoms with Gasteiger partial charge in [-0.1, -0.05) is 0 Å². The first-order valence-electron chi connectivity index (χ1n) is 5.17. The molecule has 18 heavy (non-hydrogen) atoms. The van der Waals surface area contributed by atoms with Crippen LogP contribution in [0.1, 0.15) is 0 Å². The van der Waals surface area contributed by atoms with Crippen molar-refractivity contribution in [2.45, 2.75) is 12.5 Å². The van der Waals surface area contributed by atoms with Crippen molar-refractivity contribution in [1.82, 2.24) is 0 Å². The van der Waals surface area contributed by atoms with E-state index in [0.717, 1.165) is 0 Å². The molecule has 0 aliphatic rings. The predicted molar refractivity (Wildman–Crippen MR) is 59.5 cm³/mol. The lowest BCUT2D eigenvalue weighted by Gasteiger charge is -2.13. The van der Waals surface area contributed by atoms with Crippen molar-refractivity contribution in [3.63, 3.8) is 0 Å². The van der Waals surface area contributed by atoms with Gasteiger partial charge in [-0.25, -0.2) is 0 Å². The zero-order chi connectivity index (χ0) is 13.6. The van der Waals surface area contributed by atoms with Crippen LogP contribution in [0.5, 0.6) is 5.75 Å². The van der Waals surface area contributed by atoms with Crippen LogP contribution in [0, 0.1) is 0 Å². The van der Waals surface area contributed by atoms with E-state index in [9.17, 15) is 18.3 Å². The van der Waals surface area contributed by atoms with Gasteiger partial charge in [0.15, 0.2) is 0 Å². The number of aliphatic hydroxyl groups is 1. The fraction of sp³-hybridized carbons (Fsp3) is 0.455. The van der Waals surface area contributed by atoms with Crippen LogP contribution in [0.15, 0.2) is 24.3 Å². The minimum atomic E-state index is -4.69. The summed E-state index contributed by atoms with van der Waals surface area (Å²) in [5, 5.41) is 12.2. The van der Waals surface area contributed by atoms with Crippen molar-refractivity contribution in [2.75, 3.05) is 25.6 Å². The molecule has 0 aliphatic heterocycles. The number of hydrogen-bond donors (Lipinski definition) is 2. The first-order valence-corrected chi connectivity index (χ1v) is 5.17. The molecule has 1 aromatic rings. The highest BCUT2D eigenvalue weighted by Crippen LogP contribution is 2.23. The second-order valence-electron chi connectivity index (χ2n) is 3.56. The van der Waals surface area contributed by atoms with Gasteiger partial charge < -0.3 is 19.9 Å². The number of methoxy groups -OCH3 is 1. The third-order valence-corrected chi connectivity index (χ3v) is 1.99.